The molecular formula is C34H57N5O20S2. The van der Waals surface area contributed by atoms with Gasteiger partial charge in [-0.15, -0.1) is 23.5 Å². The van der Waals surface area contributed by atoms with E-state index in [0.29, 0.717) is 23.5 Å². The van der Waals surface area contributed by atoms with Crippen LogP contribution in [0, 0.1) is 0 Å². The Labute approximate surface area is 357 Å². The molecule has 0 aromatic rings. The first kappa shape index (κ1) is 53.7. The normalized spacial score (nSPS) is 28.4. The molecule has 25 nitrogen and oxygen atoms in total. The zero-order chi connectivity index (χ0) is 46.2. The number of aliphatic hydroxyl groups is 8. The highest BCUT2D eigenvalue weighted by atomic mass is 32.2. The second kappa shape index (κ2) is 25.0. The average Bonchev–Trinajstić information content (AvgIpc) is 3.19. The number of carbonyl (C=O) groups excluding carboxylic acids is 4. The molecule has 0 bridgehead atoms. The number of hydrogen-bond donors (Lipinski definition) is 15. The second-order valence-electron chi connectivity index (χ2n) is 14.4. The van der Waals surface area contributed by atoms with E-state index in [2.05, 4.69) is 21.3 Å². The minimum Gasteiger partial charge on any atom is -0.480 e. The first-order chi connectivity index (χ1) is 28.5. The lowest BCUT2D eigenvalue weighted by Crippen LogP contribution is -2.66. The minimum absolute atomic E-state index is 0.00612. The molecule has 27 heteroatoms. The highest BCUT2D eigenvalue weighted by Crippen LogP contribution is 2.41. The summed E-state index contributed by atoms with van der Waals surface area (Å²) in [5.74, 6) is -8.18. The highest BCUT2D eigenvalue weighted by Gasteiger charge is 2.56. The zero-order valence-electron chi connectivity index (χ0n) is 33.3. The van der Waals surface area contributed by atoms with Gasteiger partial charge in [0.1, 0.15) is 36.6 Å². The number of nitrogens with zero attached hydrogens (tertiary/aromatic N) is 1. The second-order valence-corrected chi connectivity index (χ2v) is 16.9. The maximum atomic E-state index is 12.7. The van der Waals surface area contributed by atoms with E-state index in [0.717, 1.165) is 13.8 Å². The van der Waals surface area contributed by atoms with Crippen molar-refractivity contribution >= 4 is 65.1 Å². The SMILES string of the molecule is CC(=O)N[C@H]1[C@H]([C@@H](O)[C@H](O)CO)O[C@@](SCC(=O)NCCCN(CCCNC(=O)CS[C@]2(C(=O)O)C[C@H](O)[C@@H](NC(C)=O)[C@H]([C@@H](O)[C@H](O)CO)O2)CC(=O)O)(C(=O)O)C[C@@H]1O. The number of aliphatic carboxylic acids is 3. The van der Waals surface area contributed by atoms with Crippen molar-refractivity contribution in [1.29, 1.82) is 0 Å². The van der Waals surface area contributed by atoms with E-state index in [1.54, 1.807) is 0 Å². The Morgan fingerprint density at radius 1 is 0.672 bits per heavy atom. The fraction of sp³-hybridized carbons (Fsp3) is 0.794. The van der Waals surface area contributed by atoms with Crippen molar-refractivity contribution in [2.24, 2.45) is 0 Å². The van der Waals surface area contributed by atoms with Gasteiger partial charge < -0.3 is 86.9 Å². The molecule has 0 radical (unpaired) electrons. The van der Waals surface area contributed by atoms with Crippen molar-refractivity contribution in [2.45, 2.75) is 110 Å². The third kappa shape index (κ3) is 16.0. The van der Waals surface area contributed by atoms with Gasteiger partial charge in [0.15, 0.2) is 0 Å². The Kier molecular flexibility index (Phi) is 22.0. The van der Waals surface area contributed by atoms with Crippen LogP contribution >= 0.6 is 23.5 Å². The first-order valence-electron chi connectivity index (χ1n) is 18.9. The summed E-state index contributed by atoms with van der Waals surface area (Å²) in [4.78, 5) is 81.9. The summed E-state index contributed by atoms with van der Waals surface area (Å²) in [6, 6.07) is -2.75. The minimum atomic E-state index is -2.32. The monoisotopic (exact) mass is 919 g/mol. The lowest BCUT2D eigenvalue weighted by atomic mass is 9.90. The van der Waals surface area contributed by atoms with E-state index >= 15 is 0 Å². The molecule has 2 rings (SSSR count). The van der Waals surface area contributed by atoms with Crippen LogP contribution in [0.4, 0.5) is 0 Å². The molecule has 0 aromatic heterocycles. The maximum absolute atomic E-state index is 12.7. The van der Waals surface area contributed by atoms with Crippen LogP contribution in [0.5, 0.6) is 0 Å². The van der Waals surface area contributed by atoms with Gasteiger partial charge in [-0.3, -0.25) is 28.9 Å². The van der Waals surface area contributed by atoms with Crippen molar-refractivity contribution in [1.82, 2.24) is 26.2 Å². The molecule has 2 saturated heterocycles. The standard InChI is InChI=1S/C34H57N5O20S2/c1-16(42)37-25-18(44)9-33(31(54)55,58-29(25)27(52)20(46)12-40)60-14-22(48)35-5-3-7-39(11-24(50)51)8-4-6-36-23(49)15-61-34(32(56)57)10-19(45)26(38-17(2)43)30(59-34)28(53)21(47)13-41/h18-21,25-30,40-41,44-47,52-53H,3-15H2,1-2H3,(H,35,48)(H,36,49)(H,37,42)(H,38,43)(H,50,51)(H,54,55)(H,56,57)/t18-,19-,20+,21+,25+,26+,27-,28-,29+,30+,33-,34-/m0/s1. The third-order valence-corrected chi connectivity index (χ3v) is 12.2. The van der Waals surface area contributed by atoms with Crippen LogP contribution in [0.3, 0.4) is 0 Å². The van der Waals surface area contributed by atoms with Gasteiger partial charge in [0.2, 0.25) is 33.5 Å². The summed E-state index contributed by atoms with van der Waals surface area (Å²) in [6.45, 7) is 0.164. The fourth-order valence-corrected chi connectivity index (χ4v) is 8.66. The van der Waals surface area contributed by atoms with Crippen LogP contribution < -0.4 is 21.3 Å². The molecule has 2 heterocycles. The molecule has 0 spiro atoms. The van der Waals surface area contributed by atoms with Crippen molar-refractivity contribution < 1.29 is 99.2 Å². The van der Waals surface area contributed by atoms with E-state index in [9.17, 15) is 89.7 Å². The third-order valence-electron chi connectivity index (χ3n) is 9.55. The smallest absolute Gasteiger partial charge is 0.346 e. The van der Waals surface area contributed by atoms with Crippen molar-refractivity contribution in [3.63, 3.8) is 0 Å². The summed E-state index contributed by atoms with van der Waals surface area (Å²) in [6.07, 6.45) is -15.1. The largest absolute Gasteiger partial charge is 0.480 e. The number of rotatable bonds is 26. The molecule has 0 unspecified atom stereocenters. The molecule has 4 amide bonds. The molecule has 0 saturated carbocycles. The fourth-order valence-electron chi connectivity index (χ4n) is 6.54. The van der Waals surface area contributed by atoms with Gasteiger partial charge in [0, 0.05) is 52.9 Å². The van der Waals surface area contributed by atoms with Gasteiger partial charge in [-0.2, -0.15) is 0 Å². The van der Waals surface area contributed by atoms with Crippen LogP contribution in [-0.4, -0.2) is 231 Å². The molecule has 61 heavy (non-hydrogen) atoms. The molecule has 350 valence electrons. The van der Waals surface area contributed by atoms with Gasteiger partial charge in [-0.05, 0) is 12.8 Å². The zero-order valence-corrected chi connectivity index (χ0v) is 35.0. The number of hydrogen-bond acceptors (Lipinski definition) is 20. The summed E-state index contributed by atoms with van der Waals surface area (Å²) >= 11 is 0.916. The number of thioether (sulfide) groups is 2. The summed E-state index contributed by atoms with van der Waals surface area (Å²) in [7, 11) is 0. The van der Waals surface area contributed by atoms with Crippen molar-refractivity contribution in [3.05, 3.63) is 0 Å². The van der Waals surface area contributed by atoms with E-state index < -0.39 is 156 Å². The Hall–Kier alpha value is -3.45. The molecule has 2 fully saturated rings. The Bertz CT molecular complexity index is 1420. The first-order valence-corrected chi connectivity index (χ1v) is 20.9. The number of carbonyl (C=O) groups is 7. The van der Waals surface area contributed by atoms with Gasteiger partial charge in [0.25, 0.3) is 0 Å². The number of nitrogens with one attached hydrogen (secondary N) is 4. The lowest BCUT2D eigenvalue weighted by molar-refractivity contribution is -0.205. The summed E-state index contributed by atoms with van der Waals surface area (Å²) in [5.41, 5.74) is 0. The van der Waals surface area contributed by atoms with E-state index in [1.807, 2.05) is 0 Å². The predicted octanol–water partition coefficient (Wildman–Crippen LogP) is -6.85. The molecule has 2 aliphatic heterocycles. The quantitative estimate of drug-likeness (QED) is 0.0359. The Balaban J connectivity index is 1.91. The van der Waals surface area contributed by atoms with Crippen LogP contribution in [-0.2, 0) is 43.0 Å². The van der Waals surface area contributed by atoms with E-state index in [1.165, 1.54) is 4.90 Å². The predicted molar refractivity (Wildman–Crippen MR) is 209 cm³/mol. The number of ether oxygens (including phenoxy) is 2. The Morgan fingerprint density at radius 3 is 1.33 bits per heavy atom. The van der Waals surface area contributed by atoms with Crippen LogP contribution in [0.1, 0.15) is 39.5 Å². The number of carboxylic acids is 3. The molecule has 0 aliphatic carbocycles. The van der Waals surface area contributed by atoms with Crippen molar-refractivity contribution in [2.75, 3.05) is 57.4 Å². The Morgan fingerprint density at radius 2 is 1.03 bits per heavy atom. The summed E-state index contributed by atoms with van der Waals surface area (Å²) < 4.78 is 11.3. The number of carboxylic acid groups (broad SMARTS) is 3. The average molecular weight is 920 g/mol. The van der Waals surface area contributed by atoms with Crippen LogP contribution in [0.25, 0.3) is 0 Å². The van der Waals surface area contributed by atoms with Gasteiger partial charge >= 0.3 is 17.9 Å². The highest BCUT2D eigenvalue weighted by molar-refractivity contribution is 8.02. The number of aliphatic hydroxyl groups excluding tert-OH is 8. The van der Waals surface area contributed by atoms with E-state index in [4.69, 9.17) is 9.47 Å². The van der Waals surface area contributed by atoms with Gasteiger partial charge in [-0.25, -0.2) is 9.59 Å². The molecular weight excluding hydrogens is 863 g/mol. The maximum Gasteiger partial charge on any atom is 0.346 e. The molecule has 12 atom stereocenters. The summed E-state index contributed by atoms with van der Waals surface area (Å²) in [5, 5.41) is 120. The van der Waals surface area contributed by atoms with Gasteiger partial charge in [0.05, 0.1) is 55.6 Å². The number of amides is 4. The molecule has 0 aromatic carbocycles. The van der Waals surface area contributed by atoms with Crippen molar-refractivity contribution in [3.8, 4) is 0 Å². The van der Waals surface area contributed by atoms with Crippen LogP contribution in [0.15, 0.2) is 0 Å². The lowest BCUT2D eigenvalue weighted by Gasteiger charge is -2.46. The van der Waals surface area contributed by atoms with Gasteiger partial charge in [-0.1, -0.05) is 0 Å². The molecule has 2 aliphatic rings. The topological polar surface area (TPSA) is 412 Å². The van der Waals surface area contributed by atoms with Crippen LogP contribution in [0.2, 0.25) is 0 Å². The molecule has 15 N–H and O–H groups in total. The van der Waals surface area contributed by atoms with E-state index in [-0.39, 0.29) is 39.0 Å².